The van der Waals surface area contributed by atoms with Gasteiger partial charge in [0.15, 0.2) is 0 Å². The number of piperidine rings is 1. The van der Waals surface area contributed by atoms with Crippen LogP contribution in [0.4, 0.5) is 0 Å². The molecule has 7 nitrogen and oxygen atoms in total. The SMILES string of the molecule is Cc1nn(CC(=O)NCCCN2[C@H](C)CCC[C@H]2C)c(=O)c2cccn12. The number of carbonyl (C=O) groups is 1. The fraction of sp³-hybridized carbons (Fsp3) is 0.632. The normalized spacial score (nSPS) is 21.2. The van der Waals surface area contributed by atoms with Crippen LogP contribution in [0.15, 0.2) is 23.1 Å². The zero-order chi connectivity index (χ0) is 18.7. The number of carbonyl (C=O) groups excluding carboxylic acids is 1. The Balaban J connectivity index is 1.50. The highest BCUT2D eigenvalue weighted by Gasteiger charge is 2.23. The molecule has 2 aromatic heterocycles. The van der Waals surface area contributed by atoms with Crippen molar-refractivity contribution in [1.82, 2.24) is 24.4 Å². The summed E-state index contributed by atoms with van der Waals surface area (Å²) >= 11 is 0. The lowest BCUT2D eigenvalue weighted by Gasteiger charge is -2.39. The van der Waals surface area contributed by atoms with Crippen LogP contribution in [0.3, 0.4) is 0 Å². The topological polar surface area (TPSA) is 71.6 Å². The van der Waals surface area contributed by atoms with Gasteiger partial charge in [0.05, 0.1) is 0 Å². The molecule has 2 aromatic rings. The van der Waals surface area contributed by atoms with Gasteiger partial charge in [-0.2, -0.15) is 5.10 Å². The number of rotatable bonds is 6. The number of aromatic nitrogens is 3. The maximum Gasteiger partial charge on any atom is 0.291 e. The van der Waals surface area contributed by atoms with E-state index in [2.05, 4.69) is 29.2 Å². The number of hydrogen-bond donors (Lipinski definition) is 1. The molecule has 0 aromatic carbocycles. The van der Waals surface area contributed by atoms with Crippen molar-refractivity contribution in [2.45, 2.75) is 65.1 Å². The predicted octanol–water partition coefficient (Wildman–Crippen LogP) is 1.57. The van der Waals surface area contributed by atoms with Crippen LogP contribution in [0.2, 0.25) is 0 Å². The molecule has 7 heteroatoms. The molecule has 3 heterocycles. The first kappa shape index (κ1) is 18.6. The van der Waals surface area contributed by atoms with Gasteiger partial charge in [0.2, 0.25) is 5.91 Å². The lowest BCUT2D eigenvalue weighted by Crippen LogP contribution is -2.45. The molecule has 2 atom stereocenters. The summed E-state index contributed by atoms with van der Waals surface area (Å²) in [4.78, 5) is 27.1. The van der Waals surface area contributed by atoms with Gasteiger partial charge < -0.3 is 5.32 Å². The number of likely N-dealkylation sites (tertiary alicyclic amines) is 1. The Morgan fingerprint density at radius 2 is 2.04 bits per heavy atom. The van der Waals surface area contributed by atoms with Crippen molar-refractivity contribution in [3.05, 3.63) is 34.5 Å². The summed E-state index contributed by atoms with van der Waals surface area (Å²) in [5, 5.41) is 7.15. The molecular formula is C19H29N5O2. The number of aryl methyl sites for hydroxylation is 1. The van der Waals surface area contributed by atoms with Crippen molar-refractivity contribution >= 4 is 11.4 Å². The molecule has 26 heavy (non-hydrogen) atoms. The monoisotopic (exact) mass is 359 g/mol. The molecule has 0 bridgehead atoms. The largest absolute Gasteiger partial charge is 0.354 e. The van der Waals surface area contributed by atoms with Gasteiger partial charge in [-0.25, -0.2) is 4.68 Å². The summed E-state index contributed by atoms with van der Waals surface area (Å²) in [5.74, 6) is 0.514. The van der Waals surface area contributed by atoms with Crippen molar-refractivity contribution in [2.75, 3.05) is 13.1 Å². The Labute approximate surface area is 154 Å². The lowest BCUT2D eigenvalue weighted by molar-refractivity contribution is -0.121. The summed E-state index contributed by atoms with van der Waals surface area (Å²) in [6, 6.07) is 4.79. The third kappa shape index (κ3) is 3.98. The van der Waals surface area contributed by atoms with E-state index in [1.807, 2.05) is 6.92 Å². The maximum absolute atomic E-state index is 12.4. The second-order valence-corrected chi connectivity index (χ2v) is 7.34. The quantitative estimate of drug-likeness (QED) is 0.795. The molecule has 1 fully saturated rings. The Morgan fingerprint density at radius 3 is 2.77 bits per heavy atom. The van der Waals surface area contributed by atoms with Crippen LogP contribution in [-0.4, -0.2) is 50.2 Å². The van der Waals surface area contributed by atoms with Crippen molar-refractivity contribution in [2.24, 2.45) is 0 Å². The van der Waals surface area contributed by atoms with E-state index in [-0.39, 0.29) is 18.0 Å². The van der Waals surface area contributed by atoms with Gasteiger partial charge in [-0.05, 0) is 52.2 Å². The highest BCUT2D eigenvalue weighted by Crippen LogP contribution is 2.22. The van der Waals surface area contributed by atoms with Gasteiger partial charge in [-0.3, -0.25) is 18.9 Å². The first-order valence-corrected chi connectivity index (χ1v) is 9.54. The predicted molar refractivity (Wildman–Crippen MR) is 101 cm³/mol. The second-order valence-electron chi connectivity index (χ2n) is 7.34. The van der Waals surface area contributed by atoms with Crippen LogP contribution in [0.25, 0.3) is 5.52 Å². The highest BCUT2D eigenvalue weighted by molar-refractivity contribution is 5.75. The number of hydrogen-bond acceptors (Lipinski definition) is 4. The van der Waals surface area contributed by atoms with Crippen LogP contribution in [0.5, 0.6) is 0 Å². The van der Waals surface area contributed by atoms with Gasteiger partial charge in [-0.1, -0.05) is 6.42 Å². The molecule has 0 unspecified atom stereocenters. The van der Waals surface area contributed by atoms with Gasteiger partial charge in [-0.15, -0.1) is 0 Å². The molecule has 1 amide bonds. The van der Waals surface area contributed by atoms with Crippen LogP contribution < -0.4 is 10.9 Å². The van der Waals surface area contributed by atoms with Gasteiger partial charge in [0, 0.05) is 31.4 Å². The summed E-state index contributed by atoms with van der Waals surface area (Å²) in [6.07, 6.45) is 6.54. The van der Waals surface area contributed by atoms with E-state index in [1.54, 1.807) is 22.7 Å². The smallest absolute Gasteiger partial charge is 0.291 e. The zero-order valence-electron chi connectivity index (χ0n) is 15.9. The number of nitrogens with one attached hydrogen (secondary N) is 1. The Bertz CT molecular complexity index is 815. The Kier molecular flexibility index (Phi) is 5.76. The third-order valence-electron chi connectivity index (χ3n) is 5.40. The van der Waals surface area contributed by atoms with Gasteiger partial charge >= 0.3 is 0 Å². The zero-order valence-corrected chi connectivity index (χ0v) is 15.9. The standard InChI is InChI=1S/C19H29N5O2/c1-14-7-4-8-15(2)22(14)12-6-10-20-18(25)13-24-19(26)17-9-5-11-23(17)16(3)21-24/h5,9,11,14-15H,4,6-8,10,12-13H2,1-3H3,(H,20,25)/t14-,15-/m1/s1. The molecule has 142 valence electrons. The van der Waals surface area contributed by atoms with Crippen LogP contribution in [0, 0.1) is 6.92 Å². The number of fused-ring (bicyclic) bond motifs is 1. The van der Waals surface area contributed by atoms with E-state index in [4.69, 9.17) is 0 Å². The molecule has 0 spiro atoms. The minimum atomic E-state index is -0.244. The fourth-order valence-electron chi connectivity index (χ4n) is 3.94. The average Bonchev–Trinajstić information content (AvgIpc) is 3.09. The van der Waals surface area contributed by atoms with Crippen LogP contribution in [-0.2, 0) is 11.3 Å². The van der Waals surface area contributed by atoms with E-state index in [9.17, 15) is 9.59 Å². The molecule has 1 aliphatic heterocycles. The molecule has 3 rings (SSSR count). The lowest BCUT2D eigenvalue weighted by atomic mass is 9.97. The van der Waals surface area contributed by atoms with Crippen molar-refractivity contribution < 1.29 is 4.79 Å². The number of amides is 1. The van der Waals surface area contributed by atoms with E-state index >= 15 is 0 Å². The molecule has 1 aliphatic rings. The molecule has 0 radical (unpaired) electrons. The third-order valence-corrected chi connectivity index (χ3v) is 5.40. The highest BCUT2D eigenvalue weighted by atomic mass is 16.2. The van der Waals surface area contributed by atoms with E-state index in [0.717, 1.165) is 13.0 Å². The summed E-state index contributed by atoms with van der Waals surface area (Å²) < 4.78 is 2.98. The molecule has 1 N–H and O–H groups in total. The minimum absolute atomic E-state index is 0.0438. The van der Waals surface area contributed by atoms with Crippen LogP contribution in [0.1, 0.15) is 45.4 Å². The molecular weight excluding hydrogens is 330 g/mol. The van der Waals surface area contributed by atoms with Gasteiger partial charge in [0.1, 0.15) is 17.9 Å². The minimum Gasteiger partial charge on any atom is -0.354 e. The summed E-state index contributed by atoms with van der Waals surface area (Å²) in [7, 11) is 0. The second kappa shape index (κ2) is 8.03. The van der Waals surface area contributed by atoms with Crippen molar-refractivity contribution in [3.63, 3.8) is 0 Å². The van der Waals surface area contributed by atoms with E-state index < -0.39 is 0 Å². The van der Waals surface area contributed by atoms with Crippen LogP contribution >= 0.6 is 0 Å². The van der Waals surface area contributed by atoms with E-state index in [1.165, 1.54) is 23.9 Å². The Hall–Kier alpha value is -2.15. The van der Waals surface area contributed by atoms with Gasteiger partial charge in [0.25, 0.3) is 5.56 Å². The number of nitrogens with zero attached hydrogens (tertiary/aromatic N) is 4. The van der Waals surface area contributed by atoms with Crippen molar-refractivity contribution in [3.8, 4) is 0 Å². The first-order chi connectivity index (χ1) is 12.5. The molecule has 0 saturated carbocycles. The van der Waals surface area contributed by atoms with Crippen molar-refractivity contribution in [1.29, 1.82) is 0 Å². The van der Waals surface area contributed by atoms with E-state index in [0.29, 0.717) is 30.0 Å². The Morgan fingerprint density at radius 1 is 1.31 bits per heavy atom. The molecule has 1 saturated heterocycles. The molecule has 0 aliphatic carbocycles. The summed E-state index contributed by atoms with van der Waals surface area (Å²) in [6.45, 7) is 7.96. The summed E-state index contributed by atoms with van der Waals surface area (Å²) in [5.41, 5.74) is 0.296. The first-order valence-electron chi connectivity index (χ1n) is 9.54. The average molecular weight is 359 g/mol. The maximum atomic E-state index is 12.4. The fourth-order valence-corrected chi connectivity index (χ4v) is 3.94.